The number of carbonyl (C=O) groups is 1. The average Bonchev–Trinajstić information content (AvgIpc) is 2.98. The molecule has 0 atom stereocenters. The van der Waals surface area contributed by atoms with Gasteiger partial charge in [-0.15, -0.1) is 0 Å². The molecule has 0 aliphatic carbocycles. The molecule has 6 heteroatoms. The molecule has 2 aromatic carbocycles. The molecule has 3 rings (SSSR count). The number of hydrogen-bond donors (Lipinski definition) is 1. The summed E-state index contributed by atoms with van der Waals surface area (Å²) in [6, 6.07) is 12.7. The molecule has 1 amide bonds. The summed E-state index contributed by atoms with van der Waals surface area (Å²) in [5.74, 6) is 1.70. The Morgan fingerprint density at radius 3 is 2.67 bits per heavy atom. The second kappa shape index (κ2) is 7.95. The molecule has 0 spiro atoms. The van der Waals surface area contributed by atoms with Crippen molar-refractivity contribution in [3.63, 3.8) is 0 Å². The van der Waals surface area contributed by atoms with Crippen molar-refractivity contribution >= 4 is 11.6 Å². The number of hydrogen-bond acceptors (Lipinski definition) is 5. The summed E-state index contributed by atoms with van der Waals surface area (Å²) in [6.07, 6.45) is 0. The number of aromatic nitrogens is 1. The van der Waals surface area contributed by atoms with E-state index in [0.717, 1.165) is 22.6 Å². The smallest absolute Gasteiger partial charge is 0.255 e. The van der Waals surface area contributed by atoms with E-state index in [4.69, 9.17) is 14.0 Å². The minimum atomic E-state index is -0.235. The monoisotopic (exact) mass is 366 g/mol. The van der Waals surface area contributed by atoms with Gasteiger partial charge in [-0.2, -0.15) is 0 Å². The van der Waals surface area contributed by atoms with Crippen LogP contribution >= 0.6 is 0 Å². The Morgan fingerprint density at radius 1 is 1.15 bits per heavy atom. The fourth-order valence-electron chi connectivity index (χ4n) is 2.70. The molecule has 0 unspecified atom stereocenters. The summed E-state index contributed by atoms with van der Waals surface area (Å²) in [6.45, 7) is 6.00. The van der Waals surface area contributed by atoms with Crippen LogP contribution in [-0.2, 0) is 6.61 Å². The van der Waals surface area contributed by atoms with Gasteiger partial charge in [0.25, 0.3) is 5.91 Å². The maximum absolute atomic E-state index is 12.6. The number of carbonyl (C=O) groups excluding carboxylic acids is 1. The summed E-state index contributed by atoms with van der Waals surface area (Å²) in [5.41, 5.74) is 3.87. The van der Waals surface area contributed by atoms with E-state index in [-0.39, 0.29) is 5.91 Å². The van der Waals surface area contributed by atoms with Gasteiger partial charge in [-0.25, -0.2) is 0 Å². The third-order valence-corrected chi connectivity index (χ3v) is 4.26. The van der Waals surface area contributed by atoms with E-state index in [1.165, 1.54) is 0 Å². The second-order valence-corrected chi connectivity index (χ2v) is 6.28. The van der Waals surface area contributed by atoms with Gasteiger partial charge in [0.1, 0.15) is 23.9 Å². The first-order valence-corrected chi connectivity index (χ1v) is 8.58. The van der Waals surface area contributed by atoms with Crippen LogP contribution in [0.1, 0.15) is 32.9 Å². The molecule has 0 saturated heterocycles. The van der Waals surface area contributed by atoms with Gasteiger partial charge < -0.3 is 19.3 Å². The third-order valence-electron chi connectivity index (χ3n) is 4.26. The largest absolute Gasteiger partial charge is 0.495 e. The molecular formula is C21H22N2O4. The molecule has 6 nitrogen and oxygen atoms in total. The van der Waals surface area contributed by atoms with Crippen molar-refractivity contribution in [2.75, 3.05) is 12.4 Å². The highest BCUT2D eigenvalue weighted by Crippen LogP contribution is 2.26. The molecule has 0 aliphatic heterocycles. The van der Waals surface area contributed by atoms with E-state index in [9.17, 15) is 4.79 Å². The normalized spacial score (nSPS) is 10.5. The van der Waals surface area contributed by atoms with E-state index in [1.54, 1.807) is 25.3 Å². The molecular weight excluding hydrogens is 344 g/mol. The van der Waals surface area contributed by atoms with Gasteiger partial charge in [0.2, 0.25) is 0 Å². The number of ether oxygens (including phenoxy) is 2. The molecule has 0 aliphatic rings. The van der Waals surface area contributed by atoms with Gasteiger partial charge in [-0.1, -0.05) is 17.3 Å². The Kier molecular flexibility index (Phi) is 5.45. The summed E-state index contributed by atoms with van der Waals surface area (Å²) in [5, 5.41) is 6.80. The van der Waals surface area contributed by atoms with Gasteiger partial charge in [-0.05, 0) is 56.7 Å². The van der Waals surface area contributed by atoms with Crippen molar-refractivity contribution in [1.29, 1.82) is 0 Å². The standard InChI is InChI=1S/C21H22N2O4/c1-13-8-9-20(25-4)19(10-13)22-21(24)16-6-5-7-17(11-16)26-12-18-14(2)23-27-15(18)3/h5-11H,12H2,1-4H3,(H,22,24). The topological polar surface area (TPSA) is 73.6 Å². The van der Waals surface area contributed by atoms with Crippen LogP contribution in [0.25, 0.3) is 0 Å². The number of nitrogens with zero attached hydrogens (tertiary/aromatic N) is 1. The number of anilines is 1. The minimum absolute atomic E-state index is 0.235. The molecule has 0 fully saturated rings. The number of benzene rings is 2. The maximum Gasteiger partial charge on any atom is 0.255 e. The lowest BCUT2D eigenvalue weighted by atomic mass is 10.1. The number of amides is 1. The quantitative estimate of drug-likeness (QED) is 0.698. The summed E-state index contributed by atoms with van der Waals surface area (Å²) >= 11 is 0. The highest BCUT2D eigenvalue weighted by molar-refractivity contribution is 6.05. The van der Waals surface area contributed by atoms with Gasteiger partial charge >= 0.3 is 0 Å². The molecule has 1 N–H and O–H groups in total. The molecule has 3 aromatic rings. The first kappa shape index (κ1) is 18.5. The fourth-order valence-corrected chi connectivity index (χ4v) is 2.70. The van der Waals surface area contributed by atoms with Crippen molar-refractivity contribution in [3.8, 4) is 11.5 Å². The zero-order valence-corrected chi connectivity index (χ0v) is 15.8. The summed E-state index contributed by atoms with van der Waals surface area (Å²) in [4.78, 5) is 12.6. The number of rotatable bonds is 6. The highest BCUT2D eigenvalue weighted by Gasteiger charge is 2.13. The second-order valence-electron chi connectivity index (χ2n) is 6.28. The van der Waals surface area contributed by atoms with E-state index in [0.29, 0.717) is 29.4 Å². The van der Waals surface area contributed by atoms with Gasteiger partial charge in [0.15, 0.2) is 0 Å². The maximum atomic E-state index is 12.6. The van der Waals surface area contributed by atoms with E-state index < -0.39 is 0 Å². The molecule has 0 saturated carbocycles. The molecule has 1 heterocycles. The van der Waals surface area contributed by atoms with Crippen molar-refractivity contribution in [3.05, 3.63) is 70.6 Å². The van der Waals surface area contributed by atoms with Crippen LogP contribution in [0, 0.1) is 20.8 Å². The Morgan fingerprint density at radius 2 is 1.96 bits per heavy atom. The Hall–Kier alpha value is -3.28. The lowest BCUT2D eigenvalue weighted by Gasteiger charge is -2.12. The van der Waals surface area contributed by atoms with E-state index in [1.807, 2.05) is 45.0 Å². The van der Waals surface area contributed by atoms with Crippen molar-refractivity contribution in [2.45, 2.75) is 27.4 Å². The SMILES string of the molecule is COc1ccc(C)cc1NC(=O)c1cccc(OCc2c(C)noc2C)c1. The lowest BCUT2D eigenvalue weighted by molar-refractivity contribution is 0.102. The first-order valence-electron chi connectivity index (χ1n) is 8.58. The van der Waals surface area contributed by atoms with E-state index >= 15 is 0 Å². The van der Waals surface area contributed by atoms with Gasteiger partial charge in [0, 0.05) is 5.56 Å². The van der Waals surface area contributed by atoms with Crippen LogP contribution in [-0.4, -0.2) is 18.2 Å². The van der Waals surface area contributed by atoms with Crippen LogP contribution in [0.4, 0.5) is 5.69 Å². The zero-order chi connectivity index (χ0) is 19.4. The van der Waals surface area contributed by atoms with Crippen molar-refractivity contribution < 1.29 is 18.8 Å². The highest BCUT2D eigenvalue weighted by atomic mass is 16.5. The Balaban J connectivity index is 1.73. The molecule has 0 radical (unpaired) electrons. The van der Waals surface area contributed by atoms with Gasteiger partial charge in [-0.3, -0.25) is 4.79 Å². The molecule has 0 bridgehead atoms. The molecule has 27 heavy (non-hydrogen) atoms. The van der Waals surface area contributed by atoms with Crippen LogP contribution in [0.3, 0.4) is 0 Å². The Labute approximate surface area is 158 Å². The first-order chi connectivity index (χ1) is 13.0. The third kappa shape index (κ3) is 4.28. The number of aryl methyl sites for hydroxylation is 3. The van der Waals surface area contributed by atoms with Crippen molar-refractivity contribution in [1.82, 2.24) is 5.16 Å². The fraction of sp³-hybridized carbons (Fsp3) is 0.238. The molecule has 1 aromatic heterocycles. The predicted octanol–water partition coefficient (Wildman–Crippen LogP) is 4.44. The van der Waals surface area contributed by atoms with Crippen LogP contribution in [0.2, 0.25) is 0 Å². The number of nitrogens with one attached hydrogen (secondary N) is 1. The lowest BCUT2D eigenvalue weighted by Crippen LogP contribution is -2.13. The summed E-state index contributed by atoms with van der Waals surface area (Å²) in [7, 11) is 1.57. The minimum Gasteiger partial charge on any atom is -0.495 e. The van der Waals surface area contributed by atoms with E-state index in [2.05, 4.69) is 10.5 Å². The summed E-state index contributed by atoms with van der Waals surface area (Å²) < 4.78 is 16.3. The number of methoxy groups -OCH3 is 1. The molecule has 140 valence electrons. The van der Waals surface area contributed by atoms with Crippen molar-refractivity contribution in [2.24, 2.45) is 0 Å². The van der Waals surface area contributed by atoms with Crippen LogP contribution in [0.5, 0.6) is 11.5 Å². The van der Waals surface area contributed by atoms with Crippen LogP contribution < -0.4 is 14.8 Å². The predicted molar refractivity (Wildman–Crippen MR) is 102 cm³/mol. The van der Waals surface area contributed by atoms with Gasteiger partial charge in [0.05, 0.1) is 24.1 Å². The zero-order valence-electron chi connectivity index (χ0n) is 15.8. The van der Waals surface area contributed by atoms with Crippen LogP contribution in [0.15, 0.2) is 47.0 Å². The average molecular weight is 366 g/mol. The Bertz CT molecular complexity index is 943.